The Labute approximate surface area is 274 Å². The molecule has 1 amide bonds. The van der Waals surface area contributed by atoms with E-state index in [0.717, 1.165) is 34.3 Å². The summed E-state index contributed by atoms with van der Waals surface area (Å²) < 4.78 is 8.12. The first-order chi connectivity index (χ1) is 22.1. The summed E-state index contributed by atoms with van der Waals surface area (Å²) in [5, 5.41) is 26.0. The topological polar surface area (TPSA) is 100 Å². The summed E-state index contributed by atoms with van der Waals surface area (Å²) in [7, 11) is 0. The molecule has 1 fully saturated rings. The molecule has 0 N–H and O–H groups in total. The van der Waals surface area contributed by atoms with Crippen LogP contribution in [-0.2, 0) is 11.2 Å². The highest BCUT2D eigenvalue weighted by molar-refractivity contribution is 6.31. The lowest BCUT2D eigenvalue weighted by molar-refractivity contribution is -0.614. The molecule has 1 saturated heterocycles. The summed E-state index contributed by atoms with van der Waals surface area (Å²) in [5.74, 6) is 0.124. The largest absolute Gasteiger partial charge is 0.618 e. The van der Waals surface area contributed by atoms with Gasteiger partial charge in [-0.25, -0.2) is 4.79 Å². The molecule has 1 aliphatic heterocycles. The van der Waals surface area contributed by atoms with Gasteiger partial charge in [-0.3, -0.25) is 0 Å². The quantitative estimate of drug-likeness (QED) is 0.139. The number of hydrogen-bond donors (Lipinski definition) is 0. The summed E-state index contributed by atoms with van der Waals surface area (Å²) in [5.41, 5.74) is 5.74. The number of amides is 1. The lowest BCUT2D eigenvalue weighted by atomic mass is 9.84. The van der Waals surface area contributed by atoms with Crippen molar-refractivity contribution in [3.05, 3.63) is 130 Å². The second-order valence-corrected chi connectivity index (χ2v) is 13.2. The van der Waals surface area contributed by atoms with Crippen molar-refractivity contribution in [2.24, 2.45) is 0 Å². The van der Waals surface area contributed by atoms with Crippen molar-refractivity contribution in [1.82, 2.24) is 25.1 Å². The Balaban J connectivity index is 1.30. The van der Waals surface area contributed by atoms with Gasteiger partial charge < -0.3 is 14.8 Å². The lowest BCUT2D eigenvalue weighted by Crippen LogP contribution is -2.41. The van der Waals surface area contributed by atoms with Crippen molar-refractivity contribution >= 4 is 17.7 Å². The summed E-state index contributed by atoms with van der Waals surface area (Å²) in [4.78, 5) is 14.4. The van der Waals surface area contributed by atoms with Gasteiger partial charge in [0.1, 0.15) is 11.9 Å². The van der Waals surface area contributed by atoms with Crippen LogP contribution in [0.3, 0.4) is 0 Å². The molecule has 0 radical (unpaired) electrons. The minimum atomic E-state index is -0.516. The molecular formula is C36H37ClN6O3. The van der Waals surface area contributed by atoms with Crippen LogP contribution in [0.4, 0.5) is 4.79 Å². The van der Waals surface area contributed by atoms with E-state index in [0.29, 0.717) is 47.4 Å². The number of rotatable bonds is 7. The Morgan fingerprint density at radius 3 is 2.50 bits per heavy atom. The number of halogens is 1. The van der Waals surface area contributed by atoms with E-state index in [4.69, 9.17) is 16.3 Å². The Hall–Kier alpha value is -4.76. The number of piperidine rings is 1. The molecule has 1 aliphatic rings. The molecule has 6 rings (SSSR count). The highest BCUT2D eigenvalue weighted by atomic mass is 35.5. The van der Waals surface area contributed by atoms with E-state index in [1.165, 1.54) is 11.9 Å². The van der Waals surface area contributed by atoms with Gasteiger partial charge in [-0.15, -0.1) is 5.10 Å². The average molecular weight is 637 g/mol. The fourth-order valence-corrected chi connectivity index (χ4v) is 6.30. The summed E-state index contributed by atoms with van der Waals surface area (Å²) in [6.45, 7) is 6.96. The third-order valence-electron chi connectivity index (χ3n) is 8.38. The van der Waals surface area contributed by atoms with Crippen LogP contribution in [0.5, 0.6) is 0 Å². The van der Waals surface area contributed by atoms with Gasteiger partial charge in [0.2, 0.25) is 5.69 Å². The fourth-order valence-electron chi connectivity index (χ4n) is 6.13. The molecule has 1 atom stereocenters. The van der Waals surface area contributed by atoms with Crippen molar-refractivity contribution in [2.75, 3.05) is 13.1 Å². The number of tetrazole rings is 1. The molecule has 9 nitrogen and oxygen atoms in total. The number of aromatic nitrogens is 5. The van der Waals surface area contributed by atoms with E-state index in [2.05, 4.69) is 51.9 Å². The van der Waals surface area contributed by atoms with E-state index in [1.807, 2.05) is 63.2 Å². The molecule has 2 aromatic heterocycles. The number of carbonyl (C=O) groups is 1. The number of carbonyl (C=O) groups excluding carboxylic acids is 1. The predicted molar refractivity (Wildman–Crippen MR) is 177 cm³/mol. The maximum Gasteiger partial charge on any atom is 0.410 e. The Kier molecular flexibility index (Phi) is 9.03. The van der Waals surface area contributed by atoms with Gasteiger partial charge >= 0.3 is 6.09 Å². The molecule has 46 heavy (non-hydrogen) atoms. The molecule has 5 aromatic rings. The van der Waals surface area contributed by atoms with E-state index in [9.17, 15) is 10.0 Å². The zero-order chi connectivity index (χ0) is 32.3. The van der Waals surface area contributed by atoms with Crippen LogP contribution in [0.2, 0.25) is 5.02 Å². The van der Waals surface area contributed by atoms with Gasteiger partial charge in [0.25, 0.3) is 0 Å². The van der Waals surface area contributed by atoms with E-state index >= 15 is 0 Å². The highest BCUT2D eigenvalue weighted by Crippen LogP contribution is 2.35. The van der Waals surface area contributed by atoms with Crippen molar-refractivity contribution in [3.8, 4) is 16.8 Å². The SMILES string of the molecule is CC(C)(C)OC(=O)N1CCC(c2cccc([C@@H](Cc3ccccc3)c3ccc(-c4cc(Cl)ccc4-n4cnnn4)c[n+]3[O-])c2)CC1. The molecule has 0 spiro atoms. The maximum atomic E-state index is 13.9. The second kappa shape index (κ2) is 13.3. The lowest BCUT2D eigenvalue weighted by Gasteiger charge is -2.33. The predicted octanol–water partition coefficient (Wildman–Crippen LogP) is 7.11. The van der Waals surface area contributed by atoms with Crippen LogP contribution in [0.25, 0.3) is 16.8 Å². The number of likely N-dealkylation sites (tertiary alicyclic amines) is 1. The normalized spacial score (nSPS) is 14.7. The van der Waals surface area contributed by atoms with Crippen LogP contribution >= 0.6 is 11.6 Å². The van der Waals surface area contributed by atoms with Crippen LogP contribution in [-0.4, -0.2) is 49.9 Å². The smallest absolute Gasteiger partial charge is 0.410 e. The molecule has 0 unspecified atom stereocenters. The zero-order valence-electron chi connectivity index (χ0n) is 26.2. The summed E-state index contributed by atoms with van der Waals surface area (Å²) in [6, 6.07) is 28.1. The number of benzene rings is 3. The molecule has 0 bridgehead atoms. The Morgan fingerprint density at radius 1 is 1.02 bits per heavy atom. The minimum absolute atomic E-state index is 0.186. The van der Waals surface area contributed by atoms with Gasteiger partial charge in [0, 0.05) is 35.3 Å². The molecular weight excluding hydrogens is 600 g/mol. The van der Waals surface area contributed by atoms with Gasteiger partial charge in [-0.2, -0.15) is 9.41 Å². The first kappa shape index (κ1) is 31.2. The van der Waals surface area contributed by atoms with E-state index < -0.39 is 5.60 Å². The molecule has 3 heterocycles. The first-order valence-corrected chi connectivity index (χ1v) is 15.9. The third kappa shape index (κ3) is 7.21. The molecule has 10 heteroatoms. The second-order valence-electron chi connectivity index (χ2n) is 12.7. The van der Waals surface area contributed by atoms with Crippen LogP contribution in [0, 0.1) is 5.21 Å². The Morgan fingerprint density at radius 2 is 1.80 bits per heavy atom. The molecule has 3 aromatic carbocycles. The van der Waals surface area contributed by atoms with Gasteiger partial charge in [0.05, 0.1) is 11.6 Å². The number of hydrogen-bond acceptors (Lipinski definition) is 6. The summed E-state index contributed by atoms with van der Waals surface area (Å²) >= 11 is 6.38. The van der Waals surface area contributed by atoms with Crippen LogP contribution in [0.15, 0.2) is 97.5 Å². The number of pyridine rings is 1. The van der Waals surface area contributed by atoms with E-state index in [-0.39, 0.29) is 12.0 Å². The maximum absolute atomic E-state index is 13.9. The van der Waals surface area contributed by atoms with Crippen molar-refractivity contribution < 1.29 is 14.3 Å². The highest BCUT2D eigenvalue weighted by Gasteiger charge is 2.29. The van der Waals surface area contributed by atoms with Gasteiger partial charge in [-0.05, 0) is 97.3 Å². The van der Waals surface area contributed by atoms with Gasteiger partial charge in [0.15, 0.2) is 6.20 Å². The van der Waals surface area contributed by atoms with Crippen LogP contribution in [0.1, 0.15) is 67.8 Å². The molecule has 0 saturated carbocycles. The monoisotopic (exact) mass is 636 g/mol. The average Bonchev–Trinajstić information content (AvgIpc) is 3.59. The van der Waals surface area contributed by atoms with Gasteiger partial charge in [-0.1, -0.05) is 66.2 Å². The standard InChI is InChI=1S/C36H37ClN6O3/c1-36(2,3)46-35(44)41-18-16-26(17-19-41)27-10-7-11-28(21-27)31(20-25-8-5-4-6-9-25)34-14-12-29(23-43(34)45)32-22-30(37)13-15-33(32)42-24-38-39-40-42/h4-15,21-24,26,31H,16-20H2,1-3H3/t31-/m1/s1. The number of ether oxygens (including phenoxy) is 1. The third-order valence-corrected chi connectivity index (χ3v) is 8.62. The Bertz CT molecular complexity index is 1800. The molecule has 0 aliphatic carbocycles. The minimum Gasteiger partial charge on any atom is -0.618 e. The van der Waals surface area contributed by atoms with Crippen molar-refractivity contribution in [3.63, 3.8) is 0 Å². The first-order valence-electron chi connectivity index (χ1n) is 15.5. The molecule has 236 valence electrons. The zero-order valence-corrected chi connectivity index (χ0v) is 27.0. The van der Waals surface area contributed by atoms with Crippen molar-refractivity contribution in [2.45, 2.75) is 57.5 Å². The summed E-state index contributed by atoms with van der Waals surface area (Å²) in [6.07, 6.45) is 5.22. The fraction of sp³-hybridized carbons (Fsp3) is 0.306. The number of nitrogens with zero attached hydrogens (tertiary/aromatic N) is 6. The van der Waals surface area contributed by atoms with Crippen LogP contribution < -0.4 is 4.73 Å². The van der Waals surface area contributed by atoms with E-state index in [1.54, 1.807) is 21.8 Å². The van der Waals surface area contributed by atoms with Crippen molar-refractivity contribution in [1.29, 1.82) is 0 Å².